The Bertz CT molecular complexity index is 707. The smallest absolute Gasteiger partial charge is 0.228 e. The highest BCUT2D eigenvalue weighted by molar-refractivity contribution is 5.81. The van der Waals surface area contributed by atoms with Gasteiger partial charge in [-0.2, -0.15) is 4.98 Å². The van der Waals surface area contributed by atoms with Gasteiger partial charge in [-0.15, -0.1) is 0 Å². The fourth-order valence-electron chi connectivity index (χ4n) is 2.76. The predicted octanol–water partition coefficient (Wildman–Crippen LogP) is 3.32. The molecule has 2 aromatic rings. The summed E-state index contributed by atoms with van der Waals surface area (Å²) in [7, 11) is 1.63. The summed E-state index contributed by atoms with van der Waals surface area (Å²) in [6, 6.07) is 7.76. The third kappa shape index (κ3) is 4.18. The number of methoxy groups -OCH3 is 1. The van der Waals surface area contributed by atoms with Crippen LogP contribution in [0.3, 0.4) is 0 Å². The first-order valence-corrected chi connectivity index (χ1v) is 8.89. The molecule has 3 rings (SSSR count). The zero-order valence-corrected chi connectivity index (χ0v) is 15.1. The number of rotatable bonds is 8. The standard InChI is InChI=1S/C19H25N3O3/c1-4-13(2)22(19(23)15-5-6-15)12-11-17-20-18(21-25-17)14-7-9-16(24-3)10-8-14/h7-10,13,15H,4-6,11-12H2,1-3H3/t13-/m1/s1. The molecule has 6 nitrogen and oxygen atoms in total. The third-order valence-electron chi connectivity index (χ3n) is 4.72. The molecule has 0 saturated heterocycles. The molecular weight excluding hydrogens is 318 g/mol. The van der Waals surface area contributed by atoms with Gasteiger partial charge >= 0.3 is 0 Å². The highest BCUT2D eigenvalue weighted by atomic mass is 16.5. The first kappa shape index (κ1) is 17.5. The van der Waals surface area contributed by atoms with Crippen molar-refractivity contribution >= 4 is 5.91 Å². The first-order chi connectivity index (χ1) is 12.1. The Morgan fingerprint density at radius 1 is 1.36 bits per heavy atom. The Labute approximate surface area is 148 Å². The molecule has 1 aromatic carbocycles. The number of hydrogen-bond donors (Lipinski definition) is 0. The van der Waals surface area contributed by atoms with Gasteiger partial charge in [-0.1, -0.05) is 12.1 Å². The second kappa shape index (κ2) is 7.68. The Morgan fingerprint density at radius 2 is 2.08 bits per heavy atom. The van der Waals surface area contributed by atoms with E-state index < -0.39 is 0 Å². The third-order valence-corrected chi connectivity index (χ3v) is 4.72. The first-order valence-electron chi connectivity index (χ1n) is 8.89. The predicted molar refractivity (Wildman–Crippen MR) is 94.2 cm³/mol. The lowest BCUT2D eigenvalue weighted by molar-refractivity contribution is -0.134. The van der Waals surface area contributed by atoms with E-state index in [1.165, 1.54) is 0 Å². The molecule has 0 radical (unpaired) electrons. The van der Waals surface area contributed by atoms with Gasteiger partial charge in [0, 0.05) is 30.5 Å². The summed E-state index contributed by atoms with van der Waals surface area (Å²) in [5.74, 6) is 2.40. The largest absolute Gasteiger partial charge is 0.497 e. The van der Waals surface area contributed by atoms with Crippen molar-refractivity contribution in [2.24, 2.45) is 5.92 Å². The molecule has 6 heteroatoms. The second-order valence-corrected chi connectivity index (χ2v) is 6.55. The molecule has 0 N–H and O–H groups in total. The molecule has 1 aromatic heterocycles. The van der Waals surface area contributed by atoms with Crippen LogP contribution in [0.15, 0.2) is 28.8 Å². The summed E-state index contributed by atoms with van der Waals surface area (Å²) in [6.45, 7) is 4.82. The summed E-state index contributed by atoms with van der Waals surface area (Å²) in [5.41, 5.74) is 0.878. The zero-order valence-electron chi connectivity index (χ0n) is 15.1. The van der Waals surface area contributed by atoms with E-state index in [2.05, 4.69) is 24.0 Å². The Kier molecular flexibility index (Phi) is 5.36. The van der Waals surface area contributed by atoms with Crippen LogP contribution in [-0.2, 0) is 11.2 Å². The van der Waals surface area contributed by atoms with E-state index in [4.69, 9.17) is 9.26 Å². The monoisotopic (exact) mass is 343 g/mol. The van der Waals surface area contributed by atoms with Crippen molar-refractivity contribution in [3.63, 3.8) is 0 Å². The van der Waals surface area contributed by atoms with Gasteiger partial charge in [-0.25, -0.2) is 0 Å². The average Bonchev–Trinajstić information content (AvgIpc) is 3.40. The van der Waals surface area contributed by atoms with Crippen LogP contribution in [0, 0.1) is 5.92 Å². The van der Waals surface area contributed by atoms with Crippen LogP contribution >= 0.6 is 0 Å². The maximum atomic E-state index is 12.5. The summed E-state index contributed by atoms with van der Waals surface area (Å²) >= 11 is 0. The minimum Gasteiger partial charge on any atom is -0.497 e. The van der Waals surface area contributed by atoms with E-state index in [0.29, 0.717) is 24.7 Å². The van der Waals surface area contributed by atoms with E-state index in [9.17, 15) is 4.79 Å². The van der Waals surface area contributed by atoms with Crippen molar-refractivity contribution in [3.8, 4) is 17.1 Å². The summed E-state index contributed by atoms with van der Waals surface area (Å²) in [5, 5.41) is 4.05. The number of hydrogen-bond acceptors (Lipinski definition) is 5. The van der Waals surface area contributed by atoms with Crippen LogP contribution in [0.5, 0.6) is 5.75 Å². The van der Waals surface area contributed by atoms with Crippen LogP contribution in [-0.4, -0.2) is 40.6 Å². The van der Waals surface area contributed by atoms with Crippen LogP contribution in [0.2, 0.25) is 0 Å². The molecule has 1 heterocycles. The van der Waals surface area contributed by atoms with Crippen molar-refractivity contribution < 1.29 is 14.1 Å². The van der Waals surface area contributed by atoms with Crippen LogP contribution in [0.4, 0.5) is 0 Å². The molecule has 1 aliphatic carbocycles. The molecular formula is C19H25N3O3. The minimum absolute atomic E-state index is 0.228. The number of aromatic nitrogens is 2. The zero-order chi connectivity index (χ0) is 17.8. The van der Waals surface area contributed by atoms with Gasteiger partial charge in [-0.05, 0) is 50.5 Å². The van der Waals surface area contributed by atoms with Crippen LogP contribution in [0.25, 0.3) is 11.4 Å². The van der Waals surface area contributed by atoms with Gasteiger partial charge in [-0.3, -0.25) is 4.79 Å². The molecule has 1 atom stereocenters. The molecule has 0 aliphatic heterocycles. The molecule has 1 amide bonds. The second-order valence-electron chi connectivity index (χ2n) is 6.55. The maximum Gasteiger partial charge on any atom is 0.228 e. The molecule has 1 aliphatic rings. The molecule has 25 heavy (non-hydrogen) atoms. The fraction of sp³-hybridized carbons (Fsp3) is 0.526. The van der Waals surface area contributed by atoms with Gasteiger partial charge in [0.15, 0.2) is 0 Å². The Hall–Kier alpha value is -2.37. The van der Waals surface area contributed by atoms with E-state index in [1.54, 1.807) is 7.11 Å². The molecule has 0 bridgehead atoms. The quantitative estimate of drug-likeness (QED) is 0.735. The minimum atomic E-state index is 0.228. The van der Waals surface area contributed by atoms with Crippen LogP contribution in [0.1, 0.15) is 39.0 Å². The van der Waals surface area contributed by atoms with E-state index in [0.717, 1.165) is 30.6 Å². The molecule has 134 valence electrons. The van der Waals surface area contributed by atoms with Crippen molar-refractivity contribution in [1.29, 1.82) is 0 Å². The number of ether oxygens (including phenoxy) is 1. The lowest BCUT2D eigenvalue weighted by Crippen LogP contribution is -2.40. The molecule has 0 unspecified atom stereocenters. The fourth-order valence-corrected chi connectivity index (χ4v) is 2.76. The summed E-state index contributed by atoms with van der Waals surface area (Å²) < 4.78 is 10.5. The van der Waals surface area contributed by atoms with Gasteiger partial charge in [0.25, 0.3) is 0 Å². The molecule has 0 spiro atoms. The summed E-state index contributed by atoms with van der Waals surface area (Å²) in [4.78, 5) is 18.9. The Balaban J connectivity index is 1.64. The van der Waals surface area contributed by atoms with Gasteiger partial charge in [0.05, 0.1) is 7.11 Å². The Morgan fingerprint density at radius 3 is 2.68 bits per heavy atom. The number of carbonyl (C=O) groups excluding carboxylic acids is 1. The summed E-state index contributed by atoms with van der Waals surface area (Å²) in [6.07, 6.45) is 3.56. The molecule has 1 saturated carbocycles. The maximum absolute atomic E-state index is 12.5. The van der Waals surface area contributed by atoms with Crippen molar-refractivity contribution in [2.75, 3.05) is 13.7 Å². The average molecular weight is 343 g/mol. The SMILES string of the molecule is CC[C@@H](C)N(CCc1nc(-c2ccc(OC)cc2)no1)C(=O)C1CC1. The van der Waals surface area contributed by atoms with Crippen molar-refractivity contribution in [3.05, 3.63) is 30.2 Å². The van der Waals surface area contributed by atoms with E-state index >= 15 is 0 Å². The topological polar surface area (TPSA) is 68.5 Å². The lowest BCUT2D eigenvalue weighted by Gasteiger charge is -2.28. The van der Waals surface area contributed by atoms with Gasteiger partial charge in [0.1, 0.15) is 5.75 Å². The van der Waals surface area contributed by atoms with E-state index in [1.807, 2.05) is 29.2 Å². The van der Waals surface area contributed by atoms with Gasteiger partial charge < -0.3 is 14.2 Å². The molecule has 1 fully saturated rings. The normalized spacial score (nSPS) is 15.0. The van der Waals surface area contributed by atoms with Gasteiger partial charge in [0.2, 0.25) is 17.6 Å². The number of benzene rings is 1. The number of nitrogens with zero attached hydrogens (tertiary/aromatic N) is 3. The van der Waals surface area contributed by atoms with Crippen molar-refractivity contribution in [1.82, 2.24) is 15.0 Å². The van der Waals surface area contributed by atoms with Crippen LogP contribution < -0.4 is 4.74 Å². The highest BCUT2D eigenvalue weighted by Crippen LogP contribution is 2.32. The lowest BCUT2D eigenvalue weighted by atomic mass is 10.2. The number of amides is 1. The van der Waals surface area contributed by atoms with Crippen molar-refractivity contribution in [2.45, 2.75) is 45.6 Å². The number of carbonyl (C=O) groups is 1. The van der Waals surface area contributed by atoms with E-state index in [-0.39, 0.29) is 17.9 Å². The highest BCUT2D eigenvalue weighted by Gasteiger charge is 2.34.